The number of hydrogen-bond acceptors (Lipinski definition) is 3. The zero-order valence-corrected chi connectivity index (χ0v) is 10.1. The number of aromatic nitrogens is 1. The third-order valence-electron chi connectivity index (χ3n) is 2.05. The molecule has 0 saturated heterocycles. The zero-order valence-electron chi connectivity index (χ0n) is 8.53. The van der Waals surface area contributed by atoms with E-state index >= 15 is 0 Å². The number of amides is 1. The molecule has 0 aliphatic carbocycles. The summed E-state index contributed by atoms with van der Waals surface area (Å²) in [4.78, 5) is 16.4. The third kappa shape index (κ3) is 2.40. The van der Waals surface area contributed by atoms with Crippen LogP contribution in [0.15, 0.2) is 29.8 Å². The van der Waals surface area contributed by atoms with Gasteiger partial charge in [-0.25, -0.2) is 4.98 Å². The van der Waals surface area contributed by atoms with Crippen molar-refractivity contribution in [2.75, 3.05) is 5.32 Å². The molecule has 1 amide bonds. The van der Waals surface area contributed by atoms with Crippen LogP contribution in [0.2, 0.25) is 5.15 Å². The summed E-state index contributed by atoms with van der Waals surface area (Å²) in [5, 5.41) is 5.03. The van der Waals surface area contributed by atoms with E-state index in [-0.39, 0.29) is 5.91 Å². The lowest BCUT2D eigenvalue weighted by Crippen LogP contribution is -2.11. The molecule has 2 aromatic rings. The second-order valence-electron chi connectivity index (χ2n) is 3.25. The number of thiophene rings is 1. The smallest absolute Gasteiger partial charge is 0.265 e. The number of aryl methyl sites for hydroxylation is 1. The van der Waals surface area contributed by atoms with Crippen molar-refractivity contribution in [1.29, 1.82) is 0 Å². The highest BCUT2D eigenvalue weighted by atomic mass is 35.5. The largest absolute Gasteiger partial charge is 0.321 e. The fourth-order valence-electron chi connectivity index (χ4n) is 1.27. The van der Waals surface area contributed by atoms with Crippen molar-refractivity contribution in [3.8, 4) is 0 Å². The molecule has 5 heteroatoms. The van der Waals surface area contributed by atoms with E-state index in [9.17, 15) is 4.79 Å². The van der Waals surface area contributed by atoms with Crippen LogP contribution in [0.25, 0.3) is 0 Å². The van der Waals surface area contributed by atoms with Gasteiger partial charge >= 0.3 is 0 Å². The van der Waals surface area contributed by atoms with Gasteiger partial charge in [0.25, 0.3) is 5.91 Å². The quantitative estimate of drug-likeness (QED) is 0.833. The maximum absolute atomic E-state index is 11.8. The van der Waals surface area contributed by atoms with Crippen LogP contribution in [0.4, 0.5) is 5.69 Å². The van der Waals surface area contributed by atoms with Gasteiger partial charge in [-0.1, -0.05) is 11.6 Å². The summed E-state index contributed by atoms with van der Waals surface area (Å²) >= 11 is 7.15. The Bertz CT molecular complexity index is 524. The predicted molar refractivity (Wildman–Crippen MR) is 66.3 cm³/mol. The average molecular weight is 253 g/mol. The highest BCUT2D eigenvalue weighted by Crippen LogP contribution is 2.18. The lowest BCUT2D eigenvalue weighted by atomic mass is 10.3. The molecule has 1 N–H and O–H groups in total. The normalized spacial score (nSPS) is 10.1. The van der Waals surface area contributed by atoms with Crippen molar-refractivity contribution in [2.45, 2.75) is 6.92 Å². The van der Waals surface area contributed by atoms with Crippen molar-refractivity contribution >= 4 is 34.5 Å². The Kier molecular flexibility index (Phi) is 3.22. The van der Waals surface area contributed by atoms with Gasteiger partial charge in [0.2, 0.25) is 0 Å². The number of nitrogens with one attached hydrogen (secondary N) is 1. The number of carbonyl (C=O) groups is 1. The van der Waals surface area contributed by atoms with Gasteiger partial charge in [-0.05, 0) is 36.1 Å². The van der Waals surface area contributed by atoms with Crippen LogP contribution in [-0.4, -0.2) is 10.9 Å². The van der Waals surface area contributed by atoms with Crippen LogP contribution in [0, 0.1) is 6.92 Å². The molecule has 0 radical (unpaired) electrons. The van der Waals surface area contributed by atoms with Gasteiger partial charge in [0.1, 0.15) is 5.15 Å². The van der Waals surface area contributed by atoms with E-state index in [1.807, 2.05) is 18.4 Å². The highest BCUT2D eigenvalue weighted by molar-refractivity contribution is 7.12. The SMILES string of the molecule is Cc1ccsc1C(=O)Nc1ccnc(Cl)c1. The van der Waals surface area contributed by atoms with E-state index in [0.29, 0.717) is 15.7 Å². The summed E-state index contributed by atoms with van der Waals surface area (Å²) in [6.07, 6.45) is 1.55. The molecule has 0 aromatic carbocycles. The molecule has 2 aromatic heterocycles. The summed E-state index contributed by atoms with van der Waals surface area (Å²) in [7, 11) is 0. The molecule has 0 bridgehead atoms. The number of anilines is 1. The molecule has 0 saturated carbocycles. The molecular weight excluding hydrogens is 244 g/mol. The summed E-state index contributed by atoms with van der Waals surface area (Å²) in [6, 6.07) is 5.23. The molecule has 0 aliphatic rings. The van der Waals surface area contributed by atoms with Crippen LogP contribution in [0.5, 0.6) is 0 Å². The van der Waals surface area contributed by atoms with Gasteiger partial charge in [0.05, 0.1) is 4.88 Å². The molecule has 0 spiro atoms. The monoisotopic (exact) mass is 252 g/mol. The molecule has 2 rings (SSSR count). The summed E-state index contributed by atoms with van der Waals surface area (Å²) in [6.45, 7) is 1.91. The number of pyridine rings is 1. The van der Waals surface area contributed by atoms with Crippen LogP contribution >= 0.6 is 22.9 Å². The first-order valence-corrected chi connectivity index (χ1v) is 5.89. The Hall–Kier alpha value is -1.39. The number of rotatable bonds is 2. The van der Waals surface area contributed by atoms with E-state index in [4.69, 9.17) is 11.6 Å². The minimum Gasteiger partial charge on any atom is -0.321 e. The first-order chi connectivity index (χ1) is 7.66. The van der Waals surface area contributed by atoms with Crippen molar-refractivity contribution < 1.29 is 4.79 Å². The minimum absolute atomic E-state index is 0.116. The highest BCUT2D eigenvalue weighted by Gasteiger charge is 2.10. The molecule has 16 heavy (non-hydrogen) atoms. The molecular formula is C11H9ClN2OS. The second kappa shape index (κ2) is 4.63. The number of halogens is 1. The summed E-state index contributed by atoms with van der Waals surface area (Å²) < 4.78 is 0. The van der Waals surface area contributed by atoms with Gasteiger partial charge in [0.15, 0.2) is 0 Å². The van der Waals surface area contributed by atoms with Crippen LogP contribution < -0.4 is 5.32 Å². The van der Waals surface area contributed by atoms with Crippen molar-refractivity contribution in [3.05, 3.63) is 45.4 Å². The fraction of sp³-hybridized carbons (Fsp3) is 0.0909. The van der Waals surface area contributed by atoms with Crippen molar-refractivity contribution in [2.24, 2.45) is 0 Å². The molecule has 0 aliphatic heterocycles. The third-order valence-corrected chi connectivity index (χ3v) is 3.27. The van der Waals surface area contributed by atoms with Gasteiger partial charge in [-0.3, -0.25) is 4.79 Å². The van der Waals surface area contributed by atoms with Gasteiger partial charge < -0.3 is 5.32 Å². The fourth-order valence-corrected chi connectivity index (χ4v) is 2.27. The topological polar surface area (TPSA) is 42.0 Å². The Labute approximate surface area is 102 Å². The van der Waals surface area contributed by atoms with Crippen LogP contribution in [0.3, 0.4) is 0 Å². The average Bonchev–Trinajstić information content (AvgIpc) is 2.64. The summed E-state index contributed by atoms with van der Waals surface area (Å²) in [5.74, 6) is -0.116. The molecule has 82 valence electrons. The second-order valence-corrected chi connectivity index (χ2v) is 4.56. The number of carbonyl (C=O) groups excluding carboxylic acids is 1. The molecule has 3 nitrogen and oxygen atoms in total. The van der Waals surface area contributed by atoms with Gasteiger partial charge in [-0.15, -0.1) is 11.3 Å². The van der Waals surface area contributed by atoms with E-state index < -0.39 is 0 Å². The Balaban J connectivity index is 2.17. The van der Waals surface area contributed by atoms with Crippen LogP contribution in [-0.2, 0) is 0 Å². The predicted octanol–water partition coefficient (Wildman–Crippen LogP) is 3.36. The van der Waals surface area contributed by atoms with E-state index in [2.05, 4.69) is 10.3 Å². The van der Waals surface area contributed by atoms with E-state index in [1.54, 1.807) is 18.3 Å². The van der Waals surface area contributed by atoms with Gasteiger partial charge in [-0.2, -0.15) is 0 Å². The van der Waals surface area contributed by atoms with Crippen LogP contribution in [0.1, 0.15) is 15.2 Å². The minimum atomic E-state index is -0.116. The maximum atomic E-state index is 11.8. The Morgan fingerprint density at radius 3 is 2.94 bits per heavy atom. The first kappa shape index (κ1) is 11.1. The first-order valence-electron chi connectivity index (χ1n) is 4.64. The standard InChI is InChI=1S/C11H9ClN2OS/c1-7-3-5-16-10(7)11(15)14-8-2-4-13-9(12)6-8/h2-6H,1H3,(H,13,14,15). The lowest BCUT2D eigenvalue weighted by Gasteiger charge is -2.04. The molecule has 0 fully saturated rings. The maximum Gasteiger partial charge on any atom is 0.265 e. The van der Waals surface area contributed by atoms with Crippen molar-refractivity contribution in [3.63, 3.8) is 0 Å². The summed E-state index contributed by atoms with van der Waals surface area (Å²) in [5.41, 5.74) is 1.63. The number of nitrogens with zero attached hydrogens (tertiary/aromatic N) is 1. The molecule has 0 unspecified atom stereocenters. The van der Waals surface area contributed by atoms with Crippen molar-refractivity contribution in [1.82, 2.24) is 4.98 Å². The molecule has 2 heterocycles. The zero-order chi connectivity index (χ0) is 11.5. The van der Waals surface area contributed by atoms with Gasteiger partial charge in [0, 0.05) is 11.9 Å². The Morgan fingerprint density at radius 1 is 1.50 bits per heavy atom. The lowest BCUT2D eigenvalue weighted by molar-refractivity contribution is 0.103. The number of hydrogen-bond donors (Lipinski definition) is 1. The van der Waals surface area contributed by atoms with E-state index in [0.717, 1.165) is 5.56 Å². The Morgan fingerprint density at radius 2 is 2.31 bits per heavy atom. The van der Waals surface area contributed by atoms with E-state index in [1.165, 1.54) is 11.3 Å². The molecule has 0 atom stereocenters.